The highest BCUT2D eigenvalue weighted by Crippen LogP contribution is 2.43. The second kappa shape index (κ2) is 20.1. The number of methoxy groups -OCH3 is 2. The number of nitrogen functional groups attached to an aromatic ring is 1. The van der Waals surface area contributed by atoms with Gasteiger partial charge in [-0.15, -0.1) is 0 Å². The largest absolute Gasteiger partial charge is 0.493 e. The van der Waals surface area contributed by atoms with Crippen LogP contribution in [0.5, 0.6) is 23.0 Å². The lowest BCUT2D eigenvalue weighted by Crippen LogP contribution is -2.46. The molecule has 2 fully saturated rings. The average Bonchev–Trinajstić information content (AvgIpc) is 3.76. The lowest BCUT2D eigenvalue weighted by atomic mass is 9.76. The van der Waals surface area contributed by atoms with Crippen molar-refractivity contribution in [3.8, 4) is 23.0 Å². The molecule has 2 aromatic rings. The number of carbonyl (C=O) groups excluding carboxylic acids is 2. The quantitative estimate of drug-likeness (QED) is 0.0607. The van der Waals surface area contributed by atoms with Crippen molar-refractivity contribution in [2.75, 3.05) is 64.6 Å². The number of hydrogen-bond acceptors (Lipinski definition) is 10. The highest BCUT2D eigenvalue weighted by atomic mass is 31.0. The molecular weight excluding hydrogens is 860 g/mol. The number of amides is 2. The SMILES string of the molecule is C=C1C[C@@H](CO[Si](C)(C)C(C)(C)C)N(C(=O)c2cc(OC)c(OCC(C)(C)CC(C)(C)COc3cc(NP)c(C(=O)N4CC(=C)C[C@H]4CO[Si](C)(C)C(C)(C)C)cc3OC)cc2N)C1. The van der Waals surface area contributed by atoms with Crippen molar-refractivity contribution in [2.45, 2.75) is 137 Å². The van der Waals surface area contributed by atoms with Gasteiger partial charge >= 0.3 is 0 Å². The number of hydrogen-bond donors (Lipinski definition) is 2. The molecule has 15 heteroatoms. The predicted octanol–water partition coefficient (Wildman–Crippen LogP) is 11.0. The molecule has 4 rings (SSSR count). The smallest absolute Gasteiger partial charge is 0.256 e. The molecule has 2 aromatic carbocycles. The van der Waals surface area contributed by atoms with Gasteiger partial charge in [0.1, 0.15) is 0 Å². The van der Waals surface area contributed by atoms with Crippen LogP contribution in [0.3, 0.4) is 0 Å². The van der Waals surface area contributed by atoms with Crippen LogP contribution in [0.2, 0.25) is 36.3 Å². The summed E-state index contributed by atoms with van der Waals surface area (Å²) in [7, 11) is 1.61. The van der Waals surface area contributed by atoms with E-state index < -0.39 is 16.6 Å². The van der Waals surface area contributed by atoms with Crippen LogP contribution in [-0.4, -0.2) is 104 Å². The number of likely N-dealkylation sites (tertiary alicyclic amines) is 2. The standard InChI is InChI=1S/C49H81N4O8PSi2/c1-32-19-34(27-60-63(15,16)46(3,4)5)52(25-32)44(54)36-21-40(56-13)42(23-38(36)50)58-30-48(9,10)29-49(11,12)31-59-43-24-39(51-62)37(22-41(43)57-14)45(55)53-26-33(2)20-35(53)28-61-64(17,18)47(6,7)8/h21-24,34-35,51H,1-2,19-20,25-31,50,62H2,3-18H3/t34-,35-/m0/s1. The maximum absolute atomic E-state index is 14.2. The van der Waals surface area contributed by atoms with Gasteiger partial charge in [-0.3, -0.25) is 9.59 Å². The molecular formula is C49H81N4O8PSi2. The highest BCUT2D eigenvalue weighted by Gasteiger charge is 2.42. The number of benzene rings is 2. The monoisotopic (exact) mass is 941 g/mol. The fourth-order valence-electron chi connectivity index (χ4n) is 7.99. The Morgan fingerprint density at radius 3 is 1.47 bits per heavy atom. The third kappa shape index (κ3) is 12.9. The molecule has 0 spiro atoms. The van der Waals surface area contributed by atoms with Crippen LogP contribution in [0.15, 0.2) is 48.6 Å². The first kappa shape index (κ1) is 53.1. The summed E-state index contributed by atoms with van der Waals surface area (Å²) < 4.78 is 37.6. The minimum absolute atomic E-state index is 0.0566. The van der Waals surface area contributed by atoms with Gasteiger partial charge in [-0.25, -0.2) is 0 Å². The van der Waals surface area contributed by atoms with Crippen LogP contribution >= 0.6 is 9.39 Å². The maximum atomic E-state index is 14.2. The first-order valence-electron chi connectivity index (χ1n) is 22.5. The first-order chi connectivity index (χ1) is 29.4. The fraction of sp³-hybridized carbons (Fsp3) is 0.633. The maximum Gasteiger partial charge on any atom is 0.256 e. The Morgan fingerprint density at radius 1 is 0.688 bits per heavy atom. The second-order valence-electron chi connectivity index (χ2n) is 22.6. The Hall–Kier alpha value is -3.56. The number of nitrogens with one attached hydrogen (secondary N) is 1. The van der Waals surface area contributed by atoms with Crippen molar-refractivity contribution in [3.05, 3.63) is 59.7 Å². The summed E-state index contributed by atoms with van der Waals surface area (Å²) in [6.45, 7) is 41.8. The molecule has 3 N–H and O–H groups in total. The van der Waals surface area contributed by atoms with Crippen molar-refractivity contribution in [1.29, 1.82) is 0 Å². The summed E-state index contributed by atoms with van der Waals surface area (Å²) in [4.78, 5) is 32.0. The highest BCUT2D eigenvalue weighted by molar-refractivity contribution is 7.18. The third-order valence-corrected chi connectivity index (χ3v) is 22.9. The van der Waals surface area contributed by atoms with E-state index in [4.69, 9.17) is 33.5 Å². The Balaban J connectivity index is 1.43. The minimum Gasteiger partial charge on any atom is -0.493 e. The van der Waals surface area contributed by atoms with Crippen molar-refractivity contribution in [2.24, 2.45) is 10.8 Å². The van der Waals surface area contributed by atoms with E-state index in [2.05, 4.69) is 123 Å². The van der Waals surface area contributed by atoms with Gasteiger partial charge in [-0.2, -0.15) is 0 Å². The third-order valence-electron chi connectivity index (χ3n) is 13.6. The Morgan fingerprint density at radius 2 is 1.08 bits per heavy atom. The van der Waals surface area contributed by atoms with Crippen molar-refractivity contribution >= 4 is 49.2 Å². The topological polar surface area (TPSA) is 134 Å². The van der Waals surface area contributed by atoms with E-state index in [9.17, 15) is 9.59 Å². The van der Waals surface area contributed by atoms with Crippen molar-refractivity contribution in [1.82, 2.24) is 9.80 Å². The summed E-state index contributed by atoms with van der Waals surface area (Å²) in [5.41, 5.74) is 9.74. The summed E-state index contributed by atoms with van der Waals surface area (Å²) in [6.07, 6.45) is 2.13. The number of carbonyl (C=O) groups is 2. The molecule has 0 aliphatic carbocycles. The second-order valence-corrected chi connectivity index (χ2v) is 32.5. The molecule has 2 saturated heterocycles. The summed E-state index contributed by atoms with van der Waals surface area (Å²) >= 11 is 0. The number of anilines is 2. The average molecular weight is 941 g/mol. The van der Waals surface area contributed by atoms with Gasteiger partial charge in [0.05, 0.1) is 69.5 Å². The number of ether oxygens (including phenoxy) is 4. The van der Waals surface area contributed by atoms with Crippen LogP contribution < -0.4 is 29.8 Å². The molecule has 0 saturated carbocycles. The van der Waals surface area contributed by atoms with Crippen molar-refractivity contribution < 1.29 is 37.4 Å². The van der Waals surface area contributed by atoms with Gasteiger partial charge < -0.3 is 48.4 Å². The van der Waals surface area contributed by atoms with E-state index in [1.807, 2.05) is 15.9 Å². The number of nitrogens with zero attached hydrogens (tertiary/aromatic N) is 2. The Labute approximate surface area is 389 Å². The molecule has 3 atom stereocenters. The van der Waals surface area contributed by atoms with Crippen LogP contribution in [-0.2, 0) is 8.85 Å². The molecule has 12 nitrogen and oxygen atoms in total. The molecule has 2 aliphatic heterocycles. The molecule has 2 heterocycles. The molecule has 1 unspecified atom stereocenters. The zero-order valence-electron chi connectivity index (χ0n) is 42.1. The summed E-state index contributed by atoms with van der Waals surface area (Å²) in [5.74, 6) is 1.59. The zero-order chi connectivity index (χ0) is 48.4. The van der Waals surface area contributed by atoms with Crippen LogP contribution in [0.4, 0.5) is 11.4 Å². The Bertz CT molecular complexity index is 2040. The van der Waals surface area contributed by atoms with Crippen LogP contribution in [0.25, 0.3) is 0 Å². The molecule has 2 aliphatic rings. The van der Waals surface area contributed by atoms with E-state index in [1.165, 1.54) is 0 Å². The zero-order valence-corrected chi connectivity index (χ0v) is 45.2. The lowest BCUT2D eigenvalue weighted by Gasteiger charge is -2.38. The first-order valence-corrected chi connectivity index (χ1v) is 28.9. The molecule has 64 heavy (non-hydrogen) atoms. The molecule has 0 radical (unpaired) electrons. The molecule has 2 amide bonds. The van der Waals surface area contributed by atoms with E-state index in [0.717, 1.165) is 17.6 Å². The predicted molar refractivity (Wildman–Crippen MR) is 270 cm³/mol. The van der Waals surface area contributed by atoms with Gasteiger partial charge in [-0.1, -0.05) is 93.5 Å². The Kier molecular flexibility index (Phi) is 16.7. The summed E-state index contributed by atoms with van der Waals surface area (Å²) in [6, 6.07) is 6.72. The normalized spacial score (nSPS) is 17.8. The van der Waals surface area contributed by atoms with E-state index in [0.29, 0.717) is 97.9 Å². The van der Waals surface area contributed by atoms with E-state index in [1.54, 1.807) is 32.4 Å². The number of rotatable bonds is 19. The van der Waals surface area contributed by atoms with Crippen molar-refractivity contribution in [3.63, 3.8) is 0 Å². The van der Waals surface area contributed by atoms with E-state index >= 15 is 0 Å². The van der Waals surface area contributed by atoms with Gasteiger partial charge in [0.2, 0.25) is 0 Å². The lowest BCUT2D eigenvalue weighted by molar-refractivity contribution is 0.0680. The van der Waals surface area contributed by atoms with Gasteiger partial charge in [0.25, 0.3) is 11.8 Å². The van der Waals surface area contributed by atoms with Gasteiger partial charge in [0, 0.05) is 30.9 Å². The molecule has 358 valence electrons. The van der Waals surface area contributed by atoms with Crippen LogP contribution in [0.1, 0.15) is 109 Å². The minimum atomic E-state index is -2.02. The molecule has 0 bridgehead atoms. The number of nitrogens with two attached hydrogens (primary N) is 1. The van der Waals surface area contributed by atoms with Crippen LogP contribution in [0, 0.1) is 10.8 Å². The van der Waals surface area contributed by atoms with E-state index in [-0.39, 0.29) is 44.8 Å². The fourth-order valence-corrected chi connectivity index (χ4v) is 10.3. The molecule has 0 aromatic heterocycles. The van der Waals surface area contributed by atoms with Gasteiger partial charge in [0.15, 0.2) is 39.6 Å². The summed E-state index contributed by atoms with van der Waals surface area (Å²) in [5, 5.41) is 3.26. The van der Waals surface area contributed by atoms with Gasteiger partial charge in [-0.05, 0) is 87.9 Å².